The number of ether oxygens (including phenoxy) is 1. The lowest BCUT2D eigenvalue weighted by molar-refractivity contribution is -0.139. The summed E-state index contributed by atoms with van der Waals surface area (Å²) in [5, 5.41) is 11.1. The lowest BCUT2D eigenvalue weighted by atomic mass is 10.3. The molecule has 1 heterocycles. The van der Waals surface area contributed by atoms with Crippen molar-refractivity contribution in [2.24, 2.45) is 0 Å². The zero-order valence-corrected chi connectivity index (χ0v) is 10.4. The van der Waals surface area contributed by atoms with Gasteiger partial charge < -0.3 is 15.2 Å². The number of hydrogen-bond acceptors (Lipinski definition) is 6. The summed E-state index contributed by atoms with van der Waals surface area (Å²) in [5.41, 5.74) is 0.711. The number of aromatic nitrogens is 2. The van der Waals surface area contributed by atoms with Crippen LogP contribution in [0.15, 0.2) is 30.5 Å². The fourth-order valence-corrected chi connectivity index (χ4v) is 1.68. The van der Waals surface area contributed by atoms with E-state index < -0.39 is 12.6 Å². The van der Waals surface area contributed by atoms with Gasteiger partial charge in [0.15, 0.2) is 12.3 Å². The number of aliphatic carboxylic acids is 1. The Morgan fingerprint density at radius 2 is 2.26 bits per heavy atom. The van der Waals surface area contributed by atoms with Gasteiger partial charge in [0.2, 0.25) is 0 Å². The van der Waals surface area contributed by atoms with Gasteiger partial charge in [0.25, 0.3) is 5.91 Å². The molecule has 2 rings (SSSR count). The van der Waals surface area contributed by atoms with Crippen molar-refractivity contribution in [1.29, 1.82) is 0 Å². The van der Waals surface area contributed by atoms with Gasteiger partial charge in [0.05, 0.1) is 17.9 Å². The highest BCUT2D eigenvalue weighted by atomic mass is 32.1. The second-order valence-corrected chi connectivity index (χ2v) is 4.01. The summed E-state index contributed by atoms with van der Waals surface area (Å²) >= 11 is 0.942. The molecule has 0 unspecified atom stereocenters. The third kappa shape index (κ3) is 3.75. The first-order valence-corrected chi connectivity index (χ1v) is 5.92. The molecule has 0 fully saturated rings. The van der Waals surface area contributed by atoms with Gasteiger partial charge in [0, 0.05) is 11.8 Å². The molecular formula is C11H9N3O4S. The highest BCUT2D eigenvalue weighted by Gasteiger charge is 2.09. The standard InChI is InChI=1S/C11H9N3O4S/c15-10(16)6-18-8-3-1-2-7(4-8)13-11(17)9-5-12-19-14-9/h1-5H,6H2,(H,13,17)(H,15,16). The van der Waals surface area contributed by atoms with Crippen molar-refractivity contribution in [3.05, 3.63) is 36.2 Å². The minimum atomic E-state index is -1.07. The molecule has 1 amide bonds. The van der Waals surface area contributed by atoms with Crippen molar-refractivity contribution in [3.8, 4) is 5.75 Å². The molecule has 0 saturated carbocycles. The largest absolute Gasteiger partial charge is 0.482 e. The lowest BCUT2D eigenvalue weighted by Crippen LogP contribution is -2.13. The van der Waals surface area contributed by atoms with Crippen LogP contribution in [0.1, 0.15) is 10.5 Å². The van der Waals surface area contributed by atoms with Gasteiger partial charge in [-0.2, -0.15) is 8.75 Å². The average molecular weight is 279 g/mol. The van der Waals surface area contributed by atoms with Crippen LogP contribution < -0.4 is 10.1 Å². The van der Waals surface area contributed by atoms with E-state index in [1.165, 1.54) is 12.3 Å². The number of hydrogen-bond donors (Lipinski definition) is 2. The van der Waals surface area contributed by atoms with Crippen LogP contribution in [0, 0.1) is 0 Å². The van der Waals surface area contributed by atoms with Crippen molar-refractivity contribution >= 4 is 29.3 Å². The maximum Gasteiger partial charge on any atom is 0.341 e. The van der Waals surface area contributed by atoms with Crippen molar-refractivity contribution < 1.29 is 19.4 Å². The molecular weight excluding hydrogens is 270 g/mol. The van der Waals surface area contributed by atoms with E-state index in [9.17, 15) is 9.59 Å². The van der Waals surface area contributed by atoms with Crippen LogP contribution >= 0.6 is 11.7 Å². The molecule has 1 aromatic carbocycles. The van der Waals surface area contributed by atoms with Gasteiger partial charge >= 0.3 is 5.97 Å². The Hall–Kier alpha value is -2.48. The molecule has 0 spiro atoms. The molecule has 2 aromatic rings. The van der Waals surface area contributed by atoms with E-state index in [1.54, 1.807) is 18.2 Å². The first-order valence-electron chi connectivity index (χ1n) is 5.19. The monoisotopic (exact) mass is 279 g/mol. The first-order chi connectivity index (χ1) is 9.15. The highest BCUT2D eigenvalue weighted by Crippen LogP contribution is 2.17. The number of amides is 1. The van der Waals surface area contributed by atoms with Gasteiger partial charge in [-0.1, -0.05) is 6.07 Å². The Morgan fingerprint density at radius 3 is 2.95 bits per heavy atom. The van der Waals surface area contributed by atoms with E-state index in [4.69, 9.17) is 9.84 Å². The van der Waals surface area contributed by atoms with Crippen molar-refractivity contribution in [3.63, 3.8) is 0 Å². The van der Waals surface area contributed by atoms with E-state index in [0.29, 0.717) is 11.4 Å². The van der Waals surface area contributed by atoms with Crippen LogP contribution in [0.2, 0.25) is 0 Å². The number of carbonyl (C=O) groups is 2. The molecule has 0 radical (unpaired) electrons. The van der Waals surface area contributed by atoms with E-state index in [2.05, 4.69) is 14.1 Å². The topological polar surface area (TPSA) is 101 Å². The number of carboxylic acid groups (broad SMARTS) is 1. The summed E-state index contributed by atoms with van der Waals surface area (Å²) in [5.74, 6) is -1.09. The van der Waals surface area contributed by atoms with E-state index >= 15 is 0 Å². The van der Waals surface area contributed by atoms with Crippen LogP contribution in [0.3, 0.4) is 0 Å². The average Bonchev–Trinajstić information content (AvgIpc) is 2.91. The first kappa shape index (κ1) is 13.0. The maximum absolute atomic E-state index is 11.7. The molecule has 0 saturated heterocycles. The van der Waals surface area contributed by atoms with Gasteiger partial charge in [-0.15, -0.1) is 0 Å². The minimum absolute atomic E-state index is 0.224. The molecule has 0 aliphatic heterocycles. The Balaban J connectivity index is 2.02. The lowest BCUT2D eigenvalue weighted by Gasteiger charge is -2.06. The zero-order chi connectivity index (χ0) is 13.7. The Morgan fingerprint density at radius 1 is 1.42 bits per heavy atom. The van der Waals surface area contributed by atoms with Crippen LogP contribution in [0.4, 0.5) is 5.69 Å². The number of nitrogens with zero attached hydrogens (tertiary/aromatic N) is 2. The molecule has 8 heteroatoms. The summed E-state index contributed by atoms with van der Waals surface area (Å²) in [4.78, 5) is 22.1. The van der Waals surface area contributed by atoms with Gasteiger partial charge in [-0.3, -0.25) is 4.79 Å². The fourth-order valence-electron chi connectivity index (χ4n) is 1.27. The third-order valence-electron chi connectivity index (χ3n) is 2.05. The Bertz CT molecular complexity index is 585. The Kier molecular flexibility index (Phi) is 4.04. The summed E-state index contributed by atoms with van der Waals surface area (Å²) in [7, 11) is 0. The molecule has 7 nitrogen and oxygen atoms in total. The second-order valence-electron chi connectivity index (χ2n) is 3.46. The van der Waals surface area contributed by atoms with E-state index in [-0.39, 0.29) is 11.6 Å². The number of nitrogens with one attached hydrogen (secondary N) is 1. The van der Waals surface area contributed by atoms with Gasteiger partial charge in [0.1, 0.15) is 5.75 Å². The second kappa shape index (κ2) is 5.91. The van der Waals surface area contributed by atoms with Crippen molar-refractivity contribution in [2.75, 3.05) is 11.9 Å². The van der Waals surface area contributed by atoms with E-state index in [1.807, 2.05) is 0 Å². The fraction of sp³-hybridized carbons (Fsp3) is 0.0909. The summed E-state index contributed by atoms with van der Waals surface area (Å²) < 4.78 is 12.5. The number of rotatable bonds is 5. The molecule has 0 aliphatic rings. The molecule has 0 bridgehead atoms. The number of anilines is 1. The van der Waals surface area contributed by atoms with Crippen molar-refractivity contribution in [2.45, 2.75) is 0 Å². The van der Waals surface area contributed by atoms with Gasteiger partial charge in [-0.25, -0.2) is 4.79 Å². The molecule has 1 aromatic heterocycles. The molecule has 98 valence electrons. The molecule has 19 heavy (non-hydrogen) atoms. The molecule has 0 atom stereocenters. The number of carbonyl (C=O) groups excluding carboxylic acids is 1. The smallest absolute Gasteiger partial charge is 0.341 e. The molecule has 0 aliphatic carbocycles. The minimum Gasteiger partial charge on any atom is -0.482 e. The number of carboxylic acids is 1. The third-order valence-corrected chi connectivity index (χ3v) is 2.53. The summed E-state index contributed by atoms with van der Waals surface area (Å²) in [6.07, 6.45) is 1.37. The summed E-state index contributed by atoms with van der Waals surface area (Å²) in [6, 6.07) is 6.43. The van der Waals surface area contributed by atoms with Gasteiger partial charge in [-0.05, 0) is 12.1 Å². The summed E-state index contributed by atoms with van der Waals surface area (Å²) in [6.45, 7) is -0.437. The van der Waals surface area contributed by atoms with Crippen molar-refractivity contribution in [1.82, 2.24) is 8.75 Å². The number of benzene rings is 1. The highest BCUT2D eigenvalue weighted by molar-refractivity contribution is 6.99. The van der Waals surface area contributed by atoms with Crippen LogP contribution in [-0.4, -0.2) is 32.3 Å². The SMILES string of the molecule is O=C(O)COc1cccc(NC(=O)c2cnsn2)c1. The maximum atomic E-state index is 11.7. The molecule has 2 N–H and O–H groups in total. The zero-order valence-electron chi connectivity index (χ0n) is 9.57. The normalized spacial score (nSPS) is 9.89. The quantitative estimate of drug-likeness (QED) is 0.854. The Labute approximate surface area is 112 Å². The van der Waals surface area contributed by atoms with Crippen LogP contribution in [0.5, 0.6) is 5.75 Å². The van der Waals surface area contributed by atoms with Crippen LogP contribution in [-0.2, 0) is 4.79 Å². The van der Waals surface area contributed by atoms with E-state index in [0.717, 1.165) is 11.7 Å². The predicted molar refractivity (Wildman–Crippen MR) is 67.4 cm³/mol. The predicted octanol–water partition coefficient (Wildman–Crippen LogP) is 1.25. The van der Waals surface area contributed by atoms with Crippen LogP contribution in [0.25, 0.3) is 0 Å².